The standard InChI is InChI=1S/C18H21N3O4S/c1-3-18(22)21-16(17-6-5-11-25-17)12-15(19-21)13-7-9-14(10-8-13)20-26(23,24)4-2/h5-11,16,20H,3-4,12H2,1-2H3/t16-/m0/s1. The number of carbonyl (C=O) groups excluding carboxylic acids is 1. The van der Waals surface area contributed by atoms with E-state index in [1.807, 2.05) is 6.07 Å². The summed E-state index contributed by atoms with van der Waals surface area (Å²) in [7, 11) is -3.31. The van der Waals surface area contributed by atoms with Gasteiger partial charge in [0.1, 0.15) is 11.8 Å². The Balaban J connectivity index is 1.83. The first-order chi connectivity index (χ1) is 12.4. The summed E-state index contributed by atoms with van der Waals surface area (Å²) in [6.45, 7) is 3.38. The maximum Gasteiger partial charge on any atom is 0.243 e. The predicted molar refractivity (Wildman–Crippen MR) is 99.3 cm³/mol. The van der Waals surface area contributed by atoms with Crippen LogP contribution < -0.4 is 4.72 Å². The first-order valence-electron chi connectivity index (χ1n) is 8.47. The fourth-order valence-corrected chi connectivity index (χ4v) is 3.40. The Morgan fingerprint density at radius 3 is 2.58 bits per heavy atom. The van der Waals surface area contributed by atoms with Gasteiger partial charge in [0.2, 0.25) is 15.9 Å². The van der Waals surface area contributed by atoms with Crippen LogP contribution >= 0.6 is 0 Å². The summed E-state index contributed by atoms with van der Waals surface area (Å²) in [6, 6.07) is 10.3. The van der Waals surface area contributed by atoms with Crippen molar-refractivity contribution in [3.63, 3.8) is 0 Å². The lowest BCUT2D eigenvalue weighted by Gasteiger charge is -2.18. The van der Waals surface area contributed by atoms with Gasteiger partial charge in [0.25, 0.3) is 0 Å². The maximum absolute atomic E-state index is 12.2. The van der Waals surface area contributed by atoms with Gasteiger partial charge in [0, 0.05) is 18.5 Å². The molecule has 0 unspecified atom stereocenters. The van der Waals surface area contributed by atoms with Crippen molar-refractivity contribution in [2.24, 2.45) is 5.10 Å². The van der Waals surface area contributed by atoms with Crippen LogP contribution in [-0.2, 0) is 14.8 Å². The number of hydrogen-bond donors (Lipinski definition) is 1. The zero-order chi connectivity index (χ0) is 18.7. The maximum atomic E-state index is 12.2. The molecule has 1 aromatic heterocycles. The van der Waals surface area contributed by atoms with Crippen molar-refractivity contribution >= 4 is 27.3 Å². The Kier molecular flexibility index (Phi) is 5.13. The van der Waals surface area contributed by atoms with E-state index in [9.17, 15) is 13.2 Å². The van der Waals surface area contributed by atoms with Gasteiger partial charge < -0.3 is 4.42 Å². The van der Waals surface area contributed by atoms with E-state index in [0.717, 1.165) is 11.3 Å². The number of nitrogens with one attached hydrogen (secondary N) is 1. The van der Waals surface area contributed by atoms with Gasteiger partial charge in [0.05, 0.1) is 17.7 Å². The molecular weight excluding hydrogens is 354 g/mol. The molecule has 1 aromatic carbocycles. The van der Waals surface area contributed by atoms with E-state index in [2.05, 4.69) is 9.82 Å². The summed E-state index contributed by atoms with van der Waals surface area (Å²) in [6.07, 6.45) is 2.47. The summed E-state index contributed by atoms with van der Waals surface area (Å²) >= 11 is 0. The smallest absolute Gasteiger partial charge is 0.243 e. The van der Waals surface area contributed by atoms with Gasteiger partial charge in [-0.3, -0.25) is 9.52 Å². The molecule has 1 N–H and O–H groups in total. The number of amides is 1. The molecule has 3 rings (SSSR count). The normalized spacial score (nSPS) is 17.2. The molecule has 1 aliphatic heterocycles. The van der Waals surface area contributed by atoms with Crippen LogP contribution in [0.5, 0.6) is 0 Å². The Labute approximate surface area is 152 Å². The van der Waals surface area contributed by atoms with Gasteiger partial charge in [-0.25, -0.2) is 13.4 Å². The zero-order valence-electron chi connectivity index (χ0n) is 14.7. The fraction of sp³-hybridized carbons (Fsp3) is 0.333. The average molecular weight is 375 g/mol. The van der Waals surface area contributed by atoms with Crippen LogP contribution in [0.15, 0.2) is 52.2 Å². The van der Waals surface area contributed by atoms with Crippen LogP contribution in [0.25, 0.3) is 0 Å². The molecule has 0 fully saturated rings. The van der Waals surface area contributed by atoms with Crippen molar-refractivity contribution < 1.29 is 17.6 Å². The van der Waals surface area contributed by atoms with E-state index in [-0.39, 0.29) is 17.7 Å². The lowest BCUT2D eigenvalue weighted by atomic mass is 10.0. The first kappa shape index (κ1) is 18.2. The SMILES string of the molecule is CCC(=O)N1N=C(c2ccc(NS(=O)(=O)CC)cc2)C[C@H]1c1ccco1. The molecule has 1 aliphatic rings. The van der Waals surface area contributed by atoms with Crippen molar-refractivity contribution in [1.29, 1.82) is 0 Å². The molecule has 1 amide bonds. The van der Waals surface area contributed by atoms with Crippen molar-refractivity contribution in [3.05, 3.63) is 54.0 Å². The Morgan fingerprint density at radius 1 is 1.27 bits per heavy atom. The molecule has 0 spiro atoms. The highest BCUT2D eigenvalue weighted by Crippen LogP contribution is 2.33. The third-order valence-corrected chi connectivity index (χ3v) is 5.52. The topological polar surface area (TPSA) is 92.0 Å². The van der Waals surface area contributed by atoms with Crippen LogP contribution in [0.3, 0.4) is 0 Å². The number of hydrogen-bond acceptors (Lipinski definition) is 5. The number of anilines is 1. The number of rotatable bonds is 6. The van der Waals surface area contributed by atoms with Crippen molar-refractivity contribution in [3.8, 4) is 0 Å². The lowest BCUT2D eigenvalue weighted by molar-refractivity contribution is -0.133. The zero-order valence-corrected chi connectivity index (χ0v) is 15.5. The van der Waals surface area contributed by atoms with Crippen molar-refractivity contribution in [2.75, 3.05) is 10.5 Å². The third-order valence-electron chi connectivity index (χ3n) is 4.21. The largest absolute Gasteiger partial charge is 0.467 e. The van der Waals surface area contributed by atoms with E-state index in [4.69, 9.17) is 4.42 Å². The highest BCUT2D eigenvalue weighted by molar-refractivity contribution is 7.92. The third kappa shape index (κ3) is 3.80. The minimum atomic E-state index is -3.31. The minimum absolute atomic E-state index is 0.0143. The molecule has 7 nitrogen and oxygen atoms in total. The molecule has 8 heteroatoms. The molecule has 0 radical (unpaired) electrons. The van der Waals surface area contributed by atoms with E-state index < -0.39 is 10.0 Å². The minimum Gasteiger partial charge on any atom is -0.467 e. The lowest BCUT2D eigenvalue weighted by Crippen LogP contribution is -2.25. The van der Waals surface area contributed by atoms with Crippen LogP contribution in [0, 0.1) is 0 Å². The molecule has 0 bridgehead atoms. The molecule has 1 atom stereocenters. The second-order valence-electron chi connectivity index (χ2n) is 5.96. The molecule has 0 saturated carbocycles. The number of sulfonamides is 1. The second kappa shape index (κ2) is 7.33. The van der Waals surface area contributed by atoms with Crippen LogP contribution in [0.1, 0.15) is 44.1 Å². The molecule has 138 valence electrons. The Hall–Kier alpha value is -2.61. The quantitative estimate of drug-likeness (QED) is 0.839. The van der Waals surface area contributed by atoms with Gasteiger partial charge in [-0.15, -0.1) is 0 Å². The van der Waals surface area contributed by atoms with E-state index in [1.165, 1.54) is 5.01 Å². The number of furan rings is 1. The number of nitrogens with zero attached hydrogens (tertiary/aromatic N) is 2. The summed E-state index contributed by atoms with van der Waals surface area (Å²) in [4.78, 5) is 12.2. The molecule has 26 heavy (non-hydrogen) atoms. The highest BCUT2D eigenvalue weighted by Gasteiger charge is 2.34. The number of hydrazone groups is 1. The fourth-order valence-electron chi connectivity index (χ4n) is 2.76. The van der Waals surface area contributed by atoms with Gasteiger partial charge >= 0.3 is 0 Å². The molecule has 0 saturated heterocycles. The van der Waals surface area contributed by atoms with E-state index in [0.29, 0.717) is 24.3 Å². The molecule has 2 heterocycles. The Bertz CT molecular complexity index is 902. The predicted octanol–water partition coefficient (Wildman–Crippen LogP) is 3.13. The average Bonchev–Trinajstić information content (AvgIpc) is 3.31. The highest BCUT2D eigenvalue weighted by atomic mass is 32.2. The van der Waals surface area contributed by atoms with Crippen molar-refractivity contribution in [1.82, 2.24) is 5.01 Å². The summed E-state index contributed by atoms with van der Waals surface area (Å²) < 4.78 is 31.3. The molecule has 0 aliphatic carbocycles. The molecule has 2 aromatic rings. The summed E-state index contributed by atoms with van der Waals surface area (Å²) in [5, 5.41) is 5.96. The van der Waals surface area contributed by atoms with Crippen LogP contribution in [0.4, 0.5) is 5.69 Å². The van der Waals surface area contributed by atoms with Crippen LogP contribution in [0.2, 0.25) is 0 Å². The van der Waals surface area contributed by atoms with Gasteiger partial charge in [0.15, 0.2) is 0 Å². The Morgan fingerprint density at radius 2 is 2.00 bits per heavy atom. The molecular formula is C18H21N3O4S. The van der Waals surface area contributed by atoms with Crippen molar-refractivity contribution in [2.45, 2.75) is 32.7 Å². The first-order valence-corrected chi connectivity index (χ1v) is 10.1. The van der Waals surface area contributed by atoms with Gasteiger partial charge in [-0.2, -0.15) is 5.10 Å². The second-order valence-corrected chi connectivity index (χ2v) is 7.97. The van der Waals surface area contributed by atoms with Crippen LogP contribution in [-0.4, -0.2) is 30.8 Å². The number of carbonyl (C=O) groups is 1. The number of benzene rings is 1. The van der Waals surface area contributed by atoms with E-state index in [1.54, 1.807) is 50.4 Å². The van der Waals surface area contributed by atoms with E-state index >= 15 is 0 Å². The summed E-state index contributed by atoms with van der Waals surface area (Å²) in [5.41, 5.74) is 2.10. The summed E-state index contributed by atoms with van der Waals surface area (Å²) in [5.74, 6) is 0.631. The van der Waals surface area contributed by atoms with Gasteiger partial charge in [-0.05, 0) is 36.8 Å². The van der Waals surface area contributed by atoms with Gasteiger partial charge in [-0.1, -0.05) is 19.1 Å². The monoisotopic (exact) mass is 375 g/mol.